The summed E-state index contributed by atoms with van der Waals surface area (Å²) in [4.78, 5) is 23.7. The molecule has 5 nitrogen and oxygen atoms in total. The van der Waals surface area contributed by atoms with E-state index in [4.69, 9.17) is 27.9 Å². The summed E-state index contributed by atoms with van der Waals surface area (Å²) in [5.41, 5.74) is 1.76. The van der Waals surface area contributed by atoms with Crippen molar-refractivity contribution in [2.24, 2.45) is 0 Å². The Labute approximate surface area is 148 Å². The highest BCUT2D eigenvalue weighted by molar-refractivity contribution is 6.35. The first kappa shape index (κ1) is 16.6. The molecule has 1 unspecified atom stereocenters. The Morgan fingerprint density at radius 3 is 2.79 bits per heavy atom. The van der Waals surface area contributed by atoms with E-state index in [0.29, 0.717) is 27.0 Å². The lowest BCUT2D eigenvalue weighted by molar-refractivity contribution is -0.118. The first-order valence-corrected chi connectivity index (χ1v) is 8.02. The molecule has 2 N–H and O–H groups in total. The van der Waals surface area contributed by atoms with Crippen LogP contribution in [0.4, 0.5) is 5.69 Å². The third kappa shape index (κ3) is 3.47. The summed E-state index contributed by atoms with van der Waals surface area (Å²) in [6, 6.07) is 9.71. The highest BCUT2D eigenvalue weighted by Crippen LogP contribution is 2.29. The number of benzene rings is 2. The van der Waals surface area contributed by atoms with Gasteiger partial charge in [-0.2, -0.15) is 0 Å². The van der Waals surface area contributed by atoms with Gasteiger partial charge in [-0.1, -0.05) is 29.3 Å². The van der Waals surface area contributed by atoms with Crippen LogP contribution in [0.3, 0.4) is 0 Å². The minimum atomic E-state index is -0.293. The molecule has 0 fully saturated rings. The van der Waals surface area contributed by atoms with Crippen LogP contribution in [0.25, 0.3) is 0 Å². The minimum Gasteiger partial charge on any atom is -0.482 e. The fourth-order valence-corrected chi connectivity index (χ4v) is 3.00. The van der Waals surface area contributed by atoms with Crippen LogP contribution in [-0.4, -0.2) is 18.4 Å². The molecule has 7 heteroatoms. The van der Waals surface area contributed by atoms with Crippen LogP contribution in [-0.2, 0) is 4.79 Å². The summed E-state index contributed by atoms with van der Waals surface area (Å²) in [5, 5.41) is 6.59. The summed E-state index contributed by atoms with van der Waals surface area (Å²) >= 11 is 12.1. The van der Waals surface area contributed by atoms with E-state index in [1.807, 2.05) is 6.92 Å². The van der Waals surface area contributed by atoms with E-state index in [2.05, 4.69) is 10.6 Å². The molecule has 1 heterocycles. The number of nitrogens with one attached hydrogen (secondary N) is 2. The molecule has 1 atom stereocenters. The number of rotatable bonds is 3. The van der Waals surface area contributed by atoms with Gasteiger partial charge in [0, 0.05) is 15.6 Å². The zero-order valence-electron chi connectivity index (χ0n) is 12.7. The number of carbonyl (C=O) groups is 2. The smallest absolute Gasteiger partial charge is 0.262 e. The molecule has 0 aromatic heterocycles. The predicted octanol–water partition coefficient (Wildman–Crippen LogP) is 3.82. The summed E-state index contributed by atoms with van der Waals surface area (Å²) < 4.78 is 5.32. The molecule has 2 amide bonds. The molecule has 0 spiro atoms. The maximum Gasteiger partial charge on any atom is 0.262 e. The van der Waals surface area contributed by atoms with Gasteiger partial charge in [0.1, 0.15) is 5.75 Å². The van der Waals surface area contributed by atoms with Crippen LogP contribution < -0.4 is 15.4 Å². The van der Waals surface area contributed by atoms with Gasteiger partial charge in [-0.15, -0.1) is 0 Å². The fourth-order valence-electron chi connectivity index (χ4n) is 2.43. The lowest BCUT2D eigenvalue weighted by atomic mass is 10.1. The van der Waals surface area contributed by atoms with Crippen LogP contribution in [0.1, 0.15) is 28.9 Å². The SMILES string of the molecule is CC(NC(=O)c1ccc2c(c1)OCC(=O)N2)c1ccc(Cl)cc1Cl. The number of fused-ring (bicyclic) bond motifs is 1. The Balaban J connectivity index is 1.76. The van der Waals surface area contributed by atoms with Crippen molar-refractivity contribution >= 4 is 40.7 Å². The van der Waals surface area contributed by atoms with Crippen molar-refractivity contribution in [2.75, 3.05) is 11.9 Å². The van der Waals surface area contributed by atoms with E-state index in [-0.39, 0.29) is 24.5 Å². The number of hydrogen-bond donors (Lipinski definition) is 2. The van der Waals surface area contributed by atoms with Gasteiger partial charge in [-0.3, -0.25) is 9.59 Å². The Morgan fingerprint density at radius 1 is 1.25 bits per heavy atom. The zero-order chi connectivity index (χ0) is 17.3. The maximum atomic E-state index is 12.4. The van der Waals surface area contributed by atoms with Crippen LogP contribution in [0.2, 0.25) is 10.0 Å². The second-order valence-corrected chi connectivity index (χ2v) is 6.25. The van der Waals surface area contributed by atoms with Crippen molar-refractivity contribution in [3.8, 4) is 5.75 Å². The Morgan fingerprint density at radius 2 is 2.04 bits per heavy atom. The third-order valence-electron chi connectivity index (χ3n) is 3.65. The molecule has 2 aromatic rings. The van der Waals surface area contributed by atoms with E-state index in [1.54, 1.807) is 36.4 Å². The van der Waals surface area contributed by atoms with Gasteiger partial charge in [0.25, 0.3) is 11.8 Å². The first-order chi connectivity index (χ1) is 11.4. The van der Waals surface area contributed by atoms with Crippen LogP contribution >= 0.6 is 23.2 Å². The second kappa shape index (κ2) is 6.71. The standard InChI is InChI=1S/C17H14Cl2N2O3/c1-9(12-4-3-11(18)7-13(12)19)20-17(23)10-2-5-14-15(6-10)24-8-16(22)21-14/h2-7,9H,8H2,1H3,(H,20,23)(H,21,22). The number of anilines is 1. The topological polar surface area (TPSA) is 67.4 Å². The summed E-state index contributed by atoms with van der Waals surface area (Å²) in [6.07, 6.45) is 0. The quantitative estimate of drug-likeness (QED) is 0.869. The van der Waals surface area contributed by atoms with Gasteiger partial charge in [0.2, 0.25) is 0 Å². The Bertz CT molecular complexity index is 823. The van der Waals surface area contributed by atoms with Gasteiger partial charge in [-0.05, 0) is 42.8 Å². The monoisotopic (exact) mass is 364 g/mol. The van der Waals surface area contributed by atoms with E-state index in [9.17, 15) is 9.59 Å². The van der Waals surface area contributed by atoms with Crippen molar-refractivity contribution < 1.29 is 14.3 Å². The van der Waals surface area contributed by atoms with Gasteiger partial charge in [-0.25, -0.2) is 0 Å². The number of hydrogen-bond acceptors (Lipinski definition) is 3. The molecule has 1 aliphatic rings. The highest BCUT2D eigenvalue weighted by atomic mass is 35.5. The molecule has 2 aromatic carbocycles. The fraction of sp³-hybridized carbons (Fsp3) is 0.176. The van der Waals surface area contributed by atoms with E-state index in [1.165, 1.54) is 0 Å². The van der Waals surface area contributed by atoms with Gasteiger partial charge < -0.3 is 15.4 Å². The van der Waals surface area contributed by atoms with Crippen molar-refractivity contribution in [1.29, 1.82) is 0 Å². The second-order valence-electron chi connectivity index (χ2n) is 5.41. The molecule has 0 radical (unpaired) electrons. The highest BCUT2D eigenvalue weighted by Gasteiger charge is 2.19. The summed E-state index contributed by atoms with van der Waals surface area (Å²) in [6.45, 7) is 1.77. The Kier molecular flexibility index (Phi) is 4.64. The maximum absolute atomic E-state index is 12.4. The van der Waals surface area contributed by atoms with Gasteiger partial charge in [0.15, 0.2) is 6.61 Å². The van der Waals surface area contributed by atoms with Crippen molar-refractivity contribution in [1.82, 2.24) is 5.32 Å². The largest absolute Gasteiger partial charge is 0.482 e. The normalized spacial score (nSPS) is 14.2. The summed E-state index contributed by atoms with van der Waals surface area (Å²) in [7, 11) is 0. The van der Waals surface area contributed by atoms with E-state index >= 15 is 0 Å². The minimum absolute atomic E-state index is 0.0607. The van der Waals surface area contributed by atoms with Gasteiger partial charge in [0.05, 0.1) is 11.7 Å². The average molecular weight is 365 g/mol. The van der Waals surface area contributed by atoms with E-state index in [0.717, 1.165) is 5.56 Å². The van der Waals surface area contributed by atoms with Crippen LogP contribution in [0.15, 0.2) is 36.4 Å². The zero-order valence-corrected chi connectivity index (χ0v) is 14.2. The molecule has 3 rings (SSSR count). The lowest BCUT2D eigenvalue weighted by Crippen LogP contribution is -2.28. The molecule has 0 aliphatic carbocycles. The molecule has 0 bridgehead atoms. The number of carbonyl (C=O) groups excluding carboxylic acids is 2. The van der Waals surface area contributed by atoms with Crippen molar-refractivity contribution in [3.05, 3.63) is 57.6 Å². The number of amides is 2. The molecular formula is C17H14Cl2N2O3. The number of halogens is 2. The molecular weight excluding hydrogens is 351 g/mol. The van der Waals surface area contributed by atoms with Gasteiger partial charge >= 0.3 is 0 Å². The number of ether oxygens (including phenoxy) is 1. The Hall–Kier alpha value is -2.24. The lowest BCUT2D eigenvalue weighted by Gasteiger charge is -2.19. The summed E-state index contributed by atoms with van der Waals surface area (Å²) in [5.74, 6) is -0.0121. The first-order valence-electron chi connectivity index (χ1n) is 7.26. The molecule has 0 saturated carbocycles. The predicted molar refractivity (Wildman–Crippen MR) is 92.9 cm³/mol. The van der Waals surface area contributed by atoms with Crippen LogP contribution in [0, 0.1) is 0 Å². The average Bonchev–Trinajstić information content (AvgIpc) is 2.54. The molecule has 24 heavy (non-hydrogen) atoms. The third-order valence-corrected chi connectivity index (χ3v) is 4.22. The molecule has 1 aliphatic heterocycles. The van der Waals surface area contributed by atoms with Crippen LogP contribution in [0.5, 0.6) is 5.75 Å². The van der Waals surface area contributed by atoms with Crippen molar-refractivity contribution in [2.45, 2.75) is 13.0 Å². The van der Waals surface area contributed by atoms with E-state index < -0.39 is 0 Å². The molecule has 0 saturated heterocycles. The van der Waals surface area contributed by atoms with Crippen molar-refractivity contribution in [3.63, 3.8) is 0 Å². The molecule has 124 valence electrons.